The Kier molecular flexibility index (Phi) is 4.91. The van der Waals surface area contributed by atoms with E-state index >= 15 is 0 Å². The average molecular weight is 326 g/mol. The summed E-state index contributed by atoms with van der Waals surface area (Å²) in [5.74, 6) is -10.3. The van der Waals surface area contributed by atoms with Gasteiger partial charge in [-0.2, -0.15) is 5.26 Å². The summed E-state index contributed by atoms with van der Waals surface area (Å²) < 4.78 is 65.5. The van der Waals surface area contributed by atoms with Crippen molar-refractivity contribution in [3.05, 3.63) is 70.0 Å². The van der Waals surface area contributed by atoms with E-state index in [0.29, 0.717) is 11.1 Å². The number of hydrogen-bond donors (Lipinski definition) is 0. The molecule has 23 heavy (non-hydrogen) atoms. The lowest BCUT2D eigenvalue weighted by Crippen LogP contribution is -2.07. The first-order valence-electron chi connectivity index (χ1n) is 6.11. The van der Waals surface area contributed by atoms with Gasteiger partial charge in [-0.25, -0.2) is 22.0 Å². The third-order valence-electron chi connectivity index (χ3n) is 2.80. The predicted molar refractivity (Wildman–Crippen MR) is 69.8 cm³/mol. The summed E-state index contributed by atoms with van der Waals surface area (Å²) in [5, 5.41) is 12.1. The fraction of sp³-hybridized carbons (Fsp3) is 0.0667. The number of halogens is 5. The number of benzene rings is 2. The van der Waals surface area contributed by atoms with Gasteiger partial charge in [0.25, 0.3) is 0 Å². The molecule has 0 fully saturated rings. The van der Waals surface area contributed by atoms with Crippen molar-refractivity contribution in [3.8, 4) is 6.07 Å². The molecule has 2 aromatic rings. The summed E-state index contributed by atoms with van der Waals surface area (Å²) in [6.07, 6.45) is 1.13. The number of nitrogens with zero attached hydrogens (tertiary/aromatic N) is 2. The molecule has 0 heterocycles. The second-order valence-corrected chi connectivity index (χ2v) is 4.29. The first-order valence-corrected chi connectivity index (χ1v) is 6.11. The minimum atomic E-state index is -2.24. The van der Waals surface area contributed by atoms with Crippen LogP contribution in [0.2, 0.25) is 0 Å². The van der Waals surface area contributed by atoms with Crippen molar-refractivity contribution >= 4 is 6.21 Å². The van der Waals surface area contributed by atoms with Gasteiger partial charge >= 0.3 is 0 Å². The second-order valence-electron chi connectivity index (χ2n) is 4.29. The fourth-order valence-corrected chi connectivity index (χ4v) is 1.67. The van der Waals surface area contributed by atoms with Crippen LogP contribution in [0.15, 0.2) is 29.4 Å². The monoisotopic (exact) mass is 326 g/mol. The molecule has 0 saturated heterocycles. The maximum absolute atomic E-state index is 13.4. The molecule has 0 atom stereocenters. The third kappa shape index (κ3) is 3.45. The summed E-state index contributed by atoms with van der Waals surface area (Å²) >= 11 is 0. The molecule has 8 heteroatoms. The van der Waals surface area contributed by atoms with Crippen LogP contribution >= 0.6 is 0 Å². The van der Waals surface area contributed by atoms with E-state index in [9.17, 15) is 22.0 Å². The van der Waals surface area contributed by atoms with Crippen molar-refractivity contribution in [2.75, 3.05) is 0 Å². The summed E-state index contributed by atoms with van der Waals surface area (Å²) in [5.41, 5.74) is -0.306. The summed E-state index contributed by atoms with van der Waals surface area (Å²) in [7, 11) is 0. The third-order valence-corrected chi connectivity index (χ3v) is 2.80. The Morgan fingerprint density at radius 1 is 1.00 bits per heavy atom. The normalized spacial score (nSPS) is 10.8. The zero-order valence-electron chi connectivity index (χ0n) is 11.3. The van der Waals surface area contributed by atoms with Crippen molar-refractivity contribution in [3.63, 3.8) is 0 Å². The van der Waals surface area contributed by atoms with E-state index in [2.05, 4.69) is 9.99 Å². The molecule has 0 aliphatic carbocycles. The van der Waals surface area contributed by atoms with Gasteiger partial charge in [-0.3, -0.25) is 0 Å². The molecule has 0 aliphatic heterocycles. The van der Waals surface area contributed by atoms with E-state index < -0.39 is 41.3 Å². The number of nitriles is 1. The topological polar surface area (TPSA) is 45.4 Å². The van der Waals surface area contributed by atoms with Crippen LogP contribution in [0.1, 0.15) is 16.7 Å². The van der Waals surface area contributed by atoms with Crippen LogP contribution in [0.5, 0.6) is 0 Å². The lowest BCUT2D eigenvalue weighted by molar-refractivity contribution is 0.124. The van der Waals surface area contributed by atoms with Gasteiger partial charge in [-0.05, 0) is 17.7 Å². The standard InChI is InChI=1S/C15H7F5N2O/c16-11-10(12(17)14(19)15(20)13(11)18)7-23-22-6-9-3-1-2-8(4-9)5-21/h1-4,6H,7H2. The van der Waals surface area contributed by atoms with Gasteiger partial charge in [0.1, 0.15) is 6.61 Å². The number of rotatable bonds is 4. The van der Waals surface area contributed by atoms with Gasteiger partial charge in [0.05, 0.1) is 23.4 Å². The maximum Gasteiger partial charge on any atom is 0.200 e. The summed E-state index contributed by atoms with van der Waals surface area (Å²) in [6, 6.07) is 8.06. The van der Waals surface area contributed by atoms with Gasteiger partial charge < -0.3 is 4.84 Å². The van der Waals surface area contributed by atoms with Gasteiger partial charge in [0, 0.05) is 0 Å². The molecule has 0 N–H and O–H groups in total. The smallest absolute Gasteiger partial charge is 0.200 e. The molecule has 2 aromatic carbocycles. The van der Waals surface area contributed by atoms with Gasteiger partial charge in [0.15, 0.2) is 23.3 Å². The molecule has 0 spiro atoms. The van der Waals surface area contributed by atoms with Crippen LogP contribution in [0.25, 0.3) is 0 Å². The maximum atomic E-state index is 13.4. The Labute approximate surface area is 127 Å². The van der Waals surface area contributed by atoms with Crippen molar-refractivity contribution in [2.45, 2.75) is 6.61 Å². The van der Waals surface area contributed by atoms with E-state index in [0.717, 1.165) is 6.21 Å². The van der Waals surface area contributed by atoms with E-state index in [4.69, 9.17) is 5.26 Å². The van der Waals surface area contributed by atoms with Crippen LogP contribution in [-0.2, 0) is 11.4 Å². The van der Waals surface area contributed by atoms with Crippen LogP contribution in [0.4, 0.5) is 22.0 Å². The zero-order chi connectivity index (χ0) is 17.0. The second kappa shape index (κ2) is 6.87. The van der Waals surface area contributed by atoms with Gasteiger partial charge in [0.2, 0.25) is 5.82 Å². The molecule has 3 nitrogen and oxygen atoms in total. The Balaban J connectivity index is 2.13. The number of oxime groups is 1. The largest absolute Gasteiger partial charge is 0.391 e. The molecular weight excluding hydrogens is 319 g/mol. The highest BCUT2D eigenvalue weighted by Gasteiger charge is 2.25. The Morgan fingerprint density at radius 3 is 2.22 bits per heavy atom. The van der Waals surface area contributed by atoms with E-state index in [1.165, 1.54) is 6.07 Å². The highest BCUT2D eigenvalue weighted by atomic mass is 19.2. The molecule has 0 aromatic heterocycles. The molecule has 0 aliphatic rings. The van der Waals surface area contributed by atoms with Crippen molar-refractivity contribution in [1.82, 2.24) is 0 Å². The average Bonchev–Trinajstić information content (AvgIpc) is 2.57. The summed E-state index contributed by atoms with van der Waals surface area (Å²) in [6.45, 7) is -0.944. The Bertz CT molecular complexity index is 785. The van der Waals surface area contributed by atoms with Crippen molar-refractivity contribution in [2.24, 2.45) is 5.16 Å². The first kappa shape index (κ1) is 16.4. The fourth-order valence-electron chi connectivity index (χ4n) is 1.67. The zero-order valence-corrected chi connectivity index (χ0v) is 11.3. The van der Waals surface area contributed by atoms with E-state index in [-0.39, 0.29) is 0 Å². The quantitative estimate of drug-likeness (QED) is 0.282. The molecular formula is C15H7F5N2O. The molecule has 0 radical (unpaired) electrons. The molecule has 0 saturated carbocycles. The predicted octanol–water partition coefficient (Wildman–Crippen LogP) is 3.80. The van der Waals surface area contributed by atoms with Crippen LogP contribution in [0.3, 0.4) is 0 Å². The lowest BCUT2D eigenvalue weighted by atomic mass is 10.1. The Morgan fingerprint density at radius 2 is 1.61 bits per heavy atom. The molecule has 0 amide bonds. The minimum absolute atomic E-state index is 0.355. The Hall–Kier alpha value is -2.95. The highest BCUT2D eigenvalue weighted by Crippen LogP contribution is 2.23. The minimum Gasteiger partial charge on any atom is -0.391 e. The molecule has 0 unspecified atom stereocenters. The van der Waals surface area contributed by atoms with E-state index in [1.54, 1.807) is 18.2 Å². The van der Waals surface area contributed by atoms with Crippen LogP contribution in [-0.4, -0.2) is 6.21 Å². The van der Waals surface area contributed by atoms with Crippen molar-refractivity contribution < 1.29 is 26.8 Å². The molecule has 2 rings (SSSR count). The van der Waals surface area contributed by atoms with E-state index in [1.807, 2.05) is 6.07 Å². The lowest BCUT2D eigenvalue weighted by Gasteiger charge is -2.06. The van der Waals surface area contributed by atoms with Crippen molar-refractivity contribution in [1.29, 1.82) is 5.26 Å². The first-order chi connectivity index (χ1) is 11.0. The van der Waals surface area contributed by atoms with Gasteiger partial charge in [-0.1, -0.05) is 17.3 Å². The van der Waals surface area contributed by atoms with Gasteiger partial charge in [-0.15, -0.1) is 0 Å². The molecule has 118 valence electrons. The van der Waals surface area contributed by atoms with Crippen LogP contribution in [0, 0.1) is 40.4 Å². The molecule has 0 bridgehead atoms. The SMILES string of the molecule is N#Cc1cccc(C=NOCc2c(F)c(F)c(F)c(F)c2F)c1. The highest BCUT2D eigenvalue weighted by molar-refractivity contribution is 5.79. The van der Waals surface area contributed by atoms with Crippen LogP contribution < -0.4 is 0 Å². The number of hydrogen-bond acceptors (Lipinski definition) is 3. The summed E-state index contributed by atoms with van der Waals surface area (Å²) in [4.78, 5) is 4.56.